The van der Waals surface area contributed by atoms with E-state index in [-0.39, 0.29) is 5.91 Å². The fourth-order valence-corrected chi connectivity index (χ4v) is 4.05. The van der Waals surface area contributed by atoms with Gasteiger partial charge in [-0.25, -0.2) is 9.67 Å². The normalized spacial score (nSPS) is 11.4. The number of benzene rings is 2. The van der Waals surface area contributed by atoms with Crippen molar-refractivity contribution in [2.24, 2.45) is 0 Å². The van der Waals surface area contributed by atoms with E-state index in [1.807, 2.05) is 55.6 Å². The minimum Gasteiger partial charge on any atom is -0.285 e. The molecule has 6 nitrogen and oxygen atoms in total. The average Bonchev–Trinajstić information content (AvgIpc) is 3.34. The van der Waals surface area contributed by atoms with Gasteiger partial charge < -0.3 is 0 Å². The zero-order valence-corrected chi connectivity index (χ0v) is 17.3. The summed E-state index contributed by atoms with van der Waals surface area (Å²) in [7, 11) is 0. The molecule has 0 fully saturated rings. The van der Waals surface area contributed by atoms with E-state index in [1.54, 1.807) is 21.7 Å². The Kier molecular flexibility index (Phi) is 5.69. The third-order valence-electron chi connectivity index (χ3n) is 4.29. The highest BCUT2D eigenvalue weighted by Gasteiger charge is 2.16. The number of anilines is 1. The Morgan fingerprint density at radius 2 is 2.07 bits per heavy atom. The molecule has 0 unspecified atom stereocenters. The quantitative estimate of drug-likeness (QED) is 0.423. The van der Waals surface area contributed by atoms with E-state index in [0.29, 0.717) is 28.9 Å². The van der Waals surface area contributed by atoms with Gasteiger partial charge in [-0.3, -0.25) is 9.69 Å². The lowest BCUT2D eigenvalue weighted by atomic mass is 10.2. The fraction of sp³-hybridized carbons (Fsp3) is 0.143. The van der Waals surface area contributed by atoms with Crippen LogP contribution in [0, 0.1) is 0 Å². The average molecular weight is 424 g/mol. The predicted octanol–water partition coefficient (Wildman–Crippen LogP) is 4.66. The number of fused-ring (bicyclic) bond motifs is 1. The molecule has 2 aromatic carbocycles. The Morgan fingerprint density at radius 1 is 1.24 bits per heavy atom. The summed E-state index contributed by atoms with van der Waals surface area (Å²) < 4.78 is 2.73. The maximum Gasteiger partial charge on any atom is 0.252 e. The van der Waals surface area contributed by atoms with Crippen LogP contribution in [0.2, 0.25) is 5.02 Å². The molecule has 4 rings (SSSR count). The van der Waals surface area contributed by atoms with Crippen molar-refractivity contribution in [3.05, 3.63) is 77.1 Å². The van der Waals surface area contributed by atoms with E-state index in [0.717, 1.165) is 15.8 Å². The summed E-state index contributed by atoms with van der Waals surface area (Å²) in [4.78, 5) is 18.9. The lowest BCUT2D eigenvalue weighted by Gasteiger charge is -2.14. The van der Waals surface area contributed by atoms with Gasteiger partial charge in [0.05, 0.1) is 23.0 Å². The van der Waals surface area contributed by atoms with Crippen LogP contribution >= 0.6 is 22.9 Å². The summed E-state index contributed by atoms with van der Waals surface area (Å²) in [6.07, 6.45) is 4.98. The number of hydrogen-bond donors (Lipinski definition) is 0. The summed E-state index contributed by atoms with van der Waals surface area (Å²) in [6.45, 7) is 3.06. The fourth-order valence-electron chi connectivity index (χ4n) is 2.87. The van der Waals surface area contributed by atoms with Crippen LogP contribution in [0.25, 0.3) is 16.3 Å². The van der Waals surface area contributed by atoms with Gasteiger partial charge in [-0.05, 0) is 36.8 Å². The first-order valence-electron chi connectivity index (χ1n) is 9.12. The van der Waals surface area contributed by atoms with Crippen molar-refractivity contribution in [2.45, 2.75) is 13.5 Å². The van der Waals surface area contributed by atoms with Crippen molar-refractivity contribution < 1.29 is 4.79 Å². The molecule has 0 aliphatic rings. The van der Waals surface area contributed by atoms with Crippen molar-refractivity contribution in [3.63, 3.8) is 0 Å². The number of likely N-dealkylation sites (N-methyl/N-ethyl adjacent to an activating group) is 1. The van der Waals surface area contributed by atoms with Gasteiger partial charge in [0.1, 0.15) is 5.69 Å². The highest BCUT2D eigenvalue weighted by molar-refractivity contribution is 7.22. The van der Waals surface area contributed by atoms with E-state index >= 15 is 0 Å². The lowest BCUT2D eigenvalue weighted by Crippen LogP contribution is -2.28. The molecule has 0 aliphatic carbocycles. The van der Waals surface area contributed by atoms with Gasteiger partial charge in [0.25, 0.3) is 5.91 Å². The van der Waals surface area contributed by atoms with Gasteiger partial charge in [-0.1, -0.05) is 58.5 Å². The Balaban J connectivity index is 1.47. The first-order chi connectivity index (χ1) is 14.1. The standard InChI is InChI=1S/C21H18ClN5OS/c1-2-27(21-23-18-12-16(22)8-10-19(18)29-21)20(28)11-9-17-14-26(25-24-17)13-15-6-4-3-5-7-15/h3-12,14H,2,13H2,1H3/b11-9+. The summed E-state index contributed by atoms with van der Waals surface area (Å²) in [6, 6.07) is 15.6. The van der Waals surface area contributed by atoms with E-state index in [4.69, 9.17) is 11.6 Å². The van der Waals surface area contributed by atoms with E-state index in [2.05, 4.69) is 15.3 Å². The van der Waals surface area contributed by atoms with Crippen molar-refractivity contribution in [3.8, 4) is 0 Å². The van der Waals surface area contributed by atoms with Crippen LogP contribution in [0.3, 0.4) is 0 Å². The highest BCUT2D eigenvalue weighted by Crippen LogP contribution is 2.30. The number of hydrogen-bond acceptors (Lipinski definition) is 5. The van der Waals surface area contributed by atoms with Crippen LogP contribution in [0.5, 0.6) is 0 Å². The molecule has 2 heterocycles. The summed E-state index contributed by atoms with van der Waals surface area (Å²) in [5, 5.41) is 9.50. The number of aromatic nitrogens is 4. The molecule has 0 saturated heterocycles. The van der Waals surface area contributed by atoms with Crippen molar-refractivity contribution in [1.82, 2.24) is 20.0 Å². The molecule has 1 amide bonds. The maximum absolute atomic E-state index is 12.7. The lowest BCUT2D eigenvalue weighted by molar-refractivity contribution is -0.114. The number of halogens is 1. The van der Waals surface area contributed by atoms with Gasteiger partial charge in [0, 0.05) is 17.6 Å². The second-order valence-corrected chi connectivity index (χ2v) is 7.80. The molecule has 0 bridgehead atoms. The van der Waals surface area contributed by atoms with Crippen LogP contribution in [0.4, 0.5) is 5.13 Å². The third-order valence-corrected chi connectivity index (χ3v) is 5.59. The minimum absolute atomic E-state index is 0.157. The largest absolute Gasteiger partial charge is 0.285 e. The molecule has 0 spiro atoms. The molecule has 0 saturated carbocycles. The van der Waals surface area contributed by atoms with Gasteiger partial charge >= 0.3 is 0 Å². The molecule has 29 heavy (non-hydrogen) atoms. The molecule has 8 heteroatoms. The summed E-state index contributed by atoms with van der Waals surface area (Å²) in [5.41, 5.74) is 2.55. The van der Waals surface area contributed by atoms with Gasteiger partial charge in [0.2, 0.25) is 0 Å². The SMILES string of the molecule is CCN(C(=O)/C=C/c1cn(Cc2ccccc2)nn1)c1nc2cc(Cl)ccc2s1. The Labute approximate surface area is 177 Å². The van der Waals surface area contributed by atoms with Crippen molar-refractivity contribution in [2.75, 3.05) is 11.4 Å². The molecule has 2 aromatic heterocycles. The number of carbonyl (C=O) groups is 1. The Bertz CT molecular complexity index is 1170. The van der Waals surface area contributed by atoms with Crippen LogP contribution < -0.4 is 4.90 Å². The first-order valence-corrected chi connectivity index (χ1v) is 10.3. The monoisotopic (exact) mass is 423 g/mol. The molecule has 0 aliphatic heterocycles. The second kappa shape index (κ2) is 8.55. The topological polar surface area (TPSA) is 63.9 Å². The Hall–Kier alpha value is -3.03. The van der Waals surface area contributed by atoms with Crippen molar-refractivity contribution in [1.29, 1.82) is 0 Å². The minimum atomic E-state index is -0.157. The highest BCUT2D eigenvalue weighted by atomic mass is 35.5. The zero-order valence-electron chi connectivity index (χ0n) is 15.7. The van der Waals surface area contributed by atoms with E-state index in [1.165, 1.54) is 17.4 Å². The van der Waals surface area contributed by atoms with Crippen LogP contribution in [0.15, 0.2) is 60.8 Å². The van der Waals surface area contributed by atoms with Crippen LogP contribution in [-0.4, -0.2) is 32.4 Å². The van der Waals surface area contributed by atoms with Gasteiger partial charge in [-0.15, -0.1) is 5.10 Å². The predicted molar refractivity (Wildman–Crippen MR) is 117 cm³/mol. The first kappa shape index (κ1) is 19.3. The van der Waals surface area contributed by atoms with E-state index < -0.39 is 0 Å². The van der Waals surface area contributed by atoms with Gasteiger partial charge in [-0.2, -0.15) is 0 Å². The maximum atomic E-state index is 12.7. The molecule has 0 N–H and O–H groups in total. The molecular formula is C21H18ClN5OS. The Morgan fingerprint density at radius 3 is 2.86 bits per heavy atom. The number of nitrogens with zero attached hydrogens (tertiary/aromatic N) is 5. The molecule has 4 aromatic rings. The molecule has 0 radical (unpaired) electrons. The number of thiazole rings is 1. The number of carbonyl (C=O) groups excluding carboxylic acids is 1. The molecule has 0 atom stereocenters. The number of rotatable bonds is 6. The van der Waals surface area contributed by atoms with Crippen LogP contribution in [-0.2, 0) is 11.3 Å². The zero-order chi connectivity index (χ0) is 20.2. The molecule has 146 valence electrons. The summed E-state index contributed by atoms with van der Waals surface area (Å²) >= 11 is 7.50. The second-order valence-electron chi connectivity index (χ2n) is 6.35. The summed E-state index contributed by atoms with van der Waals surface area (Å²) in [5.74, 6) is -0.157. The van der Waals surface area contributed by atoms with Gasteiger partial charge in [0.15, 0.2) is 5.13 Å². The van der Waals surface area contributed by atoms with E-state index in [9.17, 15) is 4.79 Å². The third kappa shape index (κ3) is 4.52. The number of amides is 1. The van der Waals surface area contributed by atoms with Crippen LogP contribution in [0.1, 0.15) is 18.2 Å². The molecular weight excluding hydrogens is 406 g/mol. The van der Waals surface area contributed by atoms with Crippen molar-refractivity contribution >= 4 is 50.3 Å². The smallest absolute Gasteiger partial charge is 0.252 e.